The normalized spacial score (nSPS) is 11.4. The molecule has 23 heavy (non-hydrogen) atoms. The first-order valence-electron chi connectivity index (χ1n) is 7.38. The molecule has 7 nitrogen and oxygen atoms in total. The van der Waals surface area contributed by atoms with Gasteiger partial charge in [0.25, 0.3) is 5.56 Å². The van der Waals surface area contributed by atoms with Gasteiger partial charge in [0.2, 0.25) is 0 Å². The number of aromatic nitrogens is 4. The number of ether oxygens (including phenoxy) is 1. The van der Waals surface area contributed by atoms with Crippen LogP contribution in [0, 0.1) is 0 Å². The molecule has 3 rings (SSSR count). The van der Waals surface area contributed by atoms with Crippen LogP contribution in [0.4, 0.5) is 0 Å². The van der Waals surface area contributed by atoms with Crippen LogP contribution in [0.15, 0.2) is 35.4 Å². The second kappa shape index (κ2) is 6.72. The predicted molar refractivity (Wildman–Crippen MR) is 88.2 cm³/mol. The highest BCUT2D eigenvalue weighted by molar-refractivity contribution is 5.90. The second-order valence-corrected chi connectivity index (χ2v) is 5.42. The van der Waals surface area contributed by atoms with Crippen LogP contribution in [0.5, 0.6) is 0 Å². The number of fused-ring (bicyclic) bond motifs is 1. The number of likely N-dealkylation sites (N-methyl/N-ethyl adjacent to an activating group) is 1. The molecule has 0 saturated heterocycles. The maximum absolute atomic E-state index is 12.1. The van der Waals surface area contributed by atoms with Gasteiger partial charge in [0.05, 0.1) is 12.9 Å². The largest absolute Gasteiger partial charge is 0.383 e. The molecule has 0 saturated carbocycles. The van der Waals surface area contributed by atoms with Gasteiger partial charge in [-0.25, -0.2) is 4.98 Å². The Morgan fingerprint density at radius 2 is 2.13 bits per heavy atom. The Balaban J connectivity index is 2.01. The van der Waals surface area contributed by atoms with Crippen molar-refractivity contribution in [1.29, 1.82) is 0 Å². The first-order chi connectivity index (χ1) is 11.2. The fourth-order valence-corrected chi connectivity index (χ4v) is 2.57. The summed E-state index contributed by atoms with van der Waals surface area (Å²) in [5.74, 6) is 0. The van der Waals surface area contributed by atoms with E-state index in [2.05, 4.69) is 25.1 Å². The van der Waals surface area contributed by atoms with E-state index in [1.54, 1.807) is 7.11 Å². The summed E-state index contributed by atoms with van der Waals surface area (Å²) in [5.41, 5.74) is 2.96. The third-order valence-electron chi connectivity index (χ3n) is 3.75. The molecule has 120 valence electrons. The first kappa shape index (κ1) is 15.4. The maximum Gasteiger partial charge on any atom is 0.262 e. The molecule has 7 heteroatoms. The molecule has 0 radical (unpaired) electrons. The minimum atomic E-state index is -0.193. The number of nitrogens with zero attached hydrogens (tertiary/aromatic N) is 3. The molecular formula is C16H19N5O2. The van der Waals surface area contributed by atoms with E-state index in [9.17, 15) is 4.79 Å². The molecule has 1 aromatic carbocycles. The lowest BCUT2D eigenvalue weighted by Crippen LogP contribution is -2.22. The van der Waals surface area contributed by atoms with Gasteiger partial charge in [-0.3, -0.25) is 14.8 Å². The summed E-state index contributed by atoms with van der Waals surface area (Å²) in [6.45, 7) is 2.24. The monoisotopic (exact) mass is 313 g/mol. The molecule has 2 N–H and O–H groups in total. The molecule has 0 aliphatic heterocycles. The number of hydrogen-bond donors (Lipinski definition) is 2. The number of aromatic amines is 2. The summed E-state index contributed by atoms with van der Waals surface area (Å²) >= 11 is 0. The summed E-state index contributed by atoms with van der Waals surface area (Å²) in [7, 11) is 3.73. The highest BCUT2D eigenvalue weighted by Crippen LogP contribution is 2.26. The van der Waals surface area contributed by atoms with Gasteiger partial charge < -0.3 is 9.72 Å². The SMILES string of the molecule is COCCN(C)Cc1ccccc1-c1n[nH]c2nc[nH]c(=O)c12. The summed E-state index contributed by atoms with van der Waals surface area (Å²) in [6, 6.07) is 7.95. The van der Waals surface area contributed by atoms with Gasteiger partial charge in [-0.1, -0.05) is 24.3 Å². The molecule has 0 aliphatic rings. The van der Waals surface area contributed by atoms with Crippen molar-refractivity contribution in [3.8, 4) is 11.3 Å². The van der Waals surface area contributed by atoms with Gasteiger partial charge >= 0.3 is 0 Å². The van der Waals surface area contributed by atoms with Crippen LogP contribution in [0.2, 0.25) is 0 Å². The van der Waals surface area contributed by atoms with Crippen molar-refractivity contribution in [2.24, 2.45) is 0 Å². The Morgan fingerprint density at radius 1 is 1.30 bits per heavy atom. The molecule has 0 atom stereocenters. The molecule has 0 amide bonds. The number of methoxy groups -OCH3 is 1. The van der Waals surface area contributed by atoms with E-state index in [1.165, 1.54) is 6.33 Å². The van der Waals surface area contributed by atoms with Crippen molar-refractivity contribution < 1.29 is 4.74 Å². The molecule has 0 fully saturated rings. The molecule has 2 aromatic heterocycles. The summed E-state index contributed by atoms with van der Waals surface area (Å²) in [6.07, 6.45) is 1.37. The third-order valence-corrected chi connectivity index (χ3v) is 3.75. The Hall–Kier alpha value is -2.51. The molecule has 3 aromatic rings. The maximum atomic E-state index is 12.1. The van der Waals surface area contributed by atoms with Crippen molar-refractivity contribution in [3.05, 3.63) is 46.5 Å². The number of rotatable bonds is 6. The van der Waals surface area contributed by atoms with Crippen LogP contribution in [0.25, 0.3) is 22.3 Å². The number of nitrogens with one attached hydrogen (secondary N) is 2. The van der Waals surface area contributed by atoms with Gasteiger partial charge in [0.15, 0.2) is 5.65 Å². The minimum Gasteiger partial charge on any atom is -0.383 e. The fraction of sp³-hybridized carbons (Fsp3) is 0.312. The number of hydrogen-bond acceptors (Lipinski definition) is 5. The van der Waals surface area contributed by atoms with Crippen molar-refractivity contribution >= 4 is 11.0 Å². The zero-order valence-corrected chi connectivity index (χ0v) is 13.2. The van der Waals surface area contributed by atoms with Gasteiger partial charge in [0.1, 0.15) is 11.1 Å². The summed E-state index contributed by atoms with van der Waals surface area (Å²) < 4.78 is 5.11. The van der Waals surface area contributed by atoms with Crippen molar-refractivity contribution in [2.45, 2.75) is 6.54 Å². The zero-order chi connectivity index (χ0) is 16.2. The van der Waals surface area contributed by atoms with Gasteiger partial charge in [-0.15, -0.1) is 0 Å². The topological polar surface area (TPSA) is 86.9 Å². The minimum absolute atomic E-state index is 0.193. The lowest BCUT2D eigenvalue weighted by atomic mass is 10.0. The third kappa shape index (κ3) is 3.15. The van der Waals surface area contributed by atoms with Crippen LogP contribution >= 0.6 is 0 Å². The average Bonchev–Trinajstić information content (AvgIpc) is 2.99. The van der Waals surface area contributed by atoms with Gasteiger partial charge in [-0.2, -0.15) is 5.10 Å². The van der Waals surface area contributed by atoms with E-state index >= 15 is 0 Å². The standard InChI is InChI=1S/C16H19N5O2/c1-21(7-8-23-2)9-11-5-3-4-6-12(11)14-13-15(20-19-14)17-10-18-16(13)22/h3-6,10H,7-9H2,1-2H3,(H2,17,18,19,20,22). The number of H-pyrrole nitrogens is 2. The summed E-state index contributed by atoms with van der Waals surface area (Å²) in [4.78, 5) is 21.0. The Kier molecular flexibility index (Phi) is 4.50. The summed E-state index contributed by atoms with van der Waals surface area (Å²) in [5, 5.41) is 7.62. The molecule has 0 spiro atoms. The molecule has 2 heterocycles. The molecule has 0 aliphatic carbocycles. The van der Waals surface area contributed by atoms with E-state index in [0.717, 1.165) is 24.2 Å². The first-order valence-corrected chi connectivity index (χ1v) is 7.38. The van der Waals surface area contributed by atoms with Gasteiger partial charge in [-0.05, 0) is 12.6 Å². The second-order valence-electron chi connectivity index (χ2n) is 5.42. The zero-order valence-electron chi connectivity index (χ0n) is 13.2. The van der Waals surface area contributed by atoms with E-state index in [4.69, 9.17) is 4.74 Å². The van der Waals surface area contributed by atoms with E-state index < -0.39 is 0 Å². The van der Waals surface area contributed by atoms with E-state index in [0.29, 0.717) is 23.3 Å². The lowest BCUT2D eigenvalue weighted by molar-refractivity contribution is 0.158. The molecule has 0 unspecified atom stereocenters. The smallest absolute Gasteiger partial charge is 0.262 e. The quantitative estimate of drug-likeness (QED) is 0.718. The van der Waals surface area contributed by atoms with Crippen molar-refractivity contribution in [3.63, 3.8) is 0 Å². The van der Waals surface area contributed by atoms with E-state index in [1.807, 2.05) is 31.3 Å². The Bertz CT molecular complexity index is 855. The van der Waals surface area contributed by atoms with Crippen LogP contribution in [-0.4, -0.2) is 52.4 Å². The van der Waals surface area contributed by atoms with Crippen molar-refractivity contribution in [1.82, 2.24) is 25.1 Å². The van der Waals surface area contributed by atoms with Crippen LogP contribution in [0.3, 0.4) is 0 Å². The predicted octanol–water partition coefficient (Wildman–Crippen LogP) is 1.39. The van der Waals surface area contributed by atoms with Crippen LogP contribution in [0.1, 0.15) is 5.56 Å². The Labute approximate surface area is 133 Å². The highest BCUT2D eigenvalue weighted by Gasteiger charge is 2.15. The lowest BCUT2D eigenvalue weighted by Gasteiger charge is -2.17. The Morgan fingerprint density at radius 3 is 2.96 bits per heavy atom. The fourth-order valence-electron chi connectivity index (χ4n) is 2.57. The number of benzene rings is 1. The van der Waals surface area contributed by atoms with Crippen molar-refractivity contribution in [2.75, 3.05) is 27.3 Å². The van der Waals surface area contributed by atoms with Crippen LogP contribution < -0.4 is 5.56 Å². The molecule has 0 bridgehead atoms. The van der Waals surface area contributed by atoms with E-state index in [-0.39, 0.29) is 5.56 Å². The highest BCUT2D eigenvalue weighted by atomic mass is 16.5. The van der Waals surface area contributed by atoms with Gasteiger partial charge in [0, 0.05) is 25.8 Å². The molecular weight excluding hydrogens is 294 g/mol. The average molecular weight is 313 g/mol. The van der Waals surface area contributed by atoms with Crippen LogP contribution in [-0.2, 0) is 11.3 Å².